The van der Waals surface area contributed by atoms with Crippen LogP contribution in [0.2, 0.25) is 0 Å². The highest BCUT2D eigenvalue weighted by Crippen LogP contribution is 2.11. The summed E-state index contributed by atoms with van der Waals surface area (Å²) in [5.41, 5.74) is 0.389. The average Bonchev–Trinajstić information content (AvgIpc) is 2.66. The van der Waals surface area contributed by atoms with Crippen LogP contribution in [0.3, 0.4) is 0 Å². The lowest BCUT2D eigenvalue weighted by atomic mass is 10.3. The molecule has 0 atom stereocenters. The Hall–Kier alpha value is -2.18. The number of hydrogen-bond donors (Lipinski definition) is 1. The van der Waals surface area contributed by atoms with Gasteiger partial charge in [0.2, 0.25) is 5.88 Å². The number of hydrogen-bond acceptors (Lipinski definition) is 6. The second-order valence-electron chi connectivity index (χ2n) is 2.83. The third-order valence-electron chi connectivity index (χ3n) is 1.84. The van der Waals surface area contributed by atoms with Gasteiger partial charge in [0.05, 0.1) is 19.2 Å². The third-order valence-corrected chi connectivity index (χ3v) is 1.84. The van der Waals surface area contributed by atoms with Crippen LogP contribution in [0, 0.1) is 0 Å². The molecule has 2 heterocycles. The van der Waals surface area contributed by atoms with Gasteiger partial charge in [0, 0.05) is 6.07 Å². The Bertz CT molecular complexity index is 508. The summed E-state index contributed by atoms with van der Waals surface area (Å²) in [5, 5.41) is 13.2. The summed E-state index contributed by atoms with van der Waals surface area (Å²) in [5.74, 6) is -0.295. The van der Waals surface area contributed by atoms with E-state index in [0.717, 1.165) is 0 Å². The van der Waals surface area contributed by atoms with Crippen molar-refractivity contribution in [2.45, 2.75) is 6.42 Å². The van der Waals surface area contributed by atoms with Crippen molar-refractivity contribution in [2.24, 2.45) is 0 Å². The topological polar surface area (TPSA) is 89.6 Å². The summed E-state index contributed by atoms with van der Waals surface area (Å²) < 4.78 is 5.65. The van der Waals surface area contributed by atoms with Gasteiger partial charge < -0.3 is 9.84 Å². The number of fused-ring (bicyclic) bond motifs is 1. The van der Waals surface area contributed by atoms with E-state index in [1.165, 1.54) is 24.0 Å². The van der Waals surface area contributed by atoms with Gasteiger partial charge in [-0.3, -0.25) is 4.79 Å². The zero-order valence-corrected chi connectivity index (χ0v) is 7.91. The van der Waals surface area contributed by atoms with E-state index in [0.29, 0.717) is 5.69 Å². The van der Waals surface area contributed by atoms with E-state index in [-0.39, 0.29) is 18.1 Å². The van der Waals surface area contributed by atoms with Gasteiger partial charge in [-0.1, -0.05) is 0 Å². The lowest BCUT2D eigenvalue weighted by Crippen LogP contribution is -2.07. The van der Waals surface area contributed by atoms with Crippen molar-refractivity contribution in [1.29, 1.82) is 0 Å². The van der Waals surface area contributed by atoms with Crippen molar-refractivity contribution < 1.29 is 14.6 Å². The summed E-state index contributed by atoms with van der Waals surface area (Å²) in [6.45, 7) is 0. The molecule has 2 aromatic rings. The van der Waals surface area contributed by atoms with E-state index in [9.17, 15) is 9.90 Å². The summed E-state index contributed by atoms with van der Waals surface area (Å²) in [7, 11) is 1.29. The molecule has 0 aromatic carbocycles. The number of rotatable bonds is 2. The molecule has 0 radical (unpaired) electrons. The fraction of sp³-hybridized carbons (Fsp3) is 0.250. The van der Waals surface area contributed by atoms with E-state index >= 15 is 0 Å². The minimum absolute atomic E-state index is 0.00653. The Morgan fingerprint density at radius 2 is 2.47 bits per heavy atom. The maximum absolute atomic E-state index is 11.0. The zero-order chi connectivity index (χ0) is 10.8. The Kier molecular flexibility index (Phi) is 2.20. The van der Waals surface area contributed by atoms with E-state index in [1.807, 2.05) is 0 Å². The average molecular weight is 208 g/mol. The van der Waals surface area contributed by atoms with Crippen molar-refractivity contribution in [2.75, 3.05) is 7.11 Å². The first-order chi connectivity index (χ1) is 7.20. The molecule has 2 rings (SSSR count). The van der Waals surface area contributed by atoms with Crippen LogP contribution in [-0.2, 0) is 16.0 Å². The fourth-order valence-electron chi connectivity index (χ4n) is 1.15. The SMILES string of the molecule is COC(=O)Cc1cc(O)n2ncnc2n1. The Labute approximate surface area is 84.3 Å². The first kappa shape index (κ1) is 9.38. The minimum Gasteiger partial charge on any atom is -0.493 e. The fourth-order valence-corrected chi connectivity index (χ4v) is 1.15. The van der Waals surface area contributed by atoms with Gasteiger partial charge in [0.25, 0.3) is 5.78 Å². The van der Waals surface area contributed by atoms with Crippen LogP contribution in [0.25, 0.3) is 5.78 Å². The second kappa shape index (κ2) is 3.52. The number of esters is 1. The summed E-state index contributed by atoms with van der Waals surface area (Å²) in [6, 6.07) is 1.35. The van der Waals surface area contributed by atoms with Crippen LogP contribution in [0.15, 0.2) is 12.4 Å². The van der Waals surface area contributed by atoms with Gasteiger partial charge >= 0.3 is 5.97 Å². The molecule has 0 spiro atoms. The monoisotopic (exact) mass is 208 g/mol. The number of nitrogens with zero attached hydrogens (tertiary/aromatic N) is 4. The van der Waals surface area contributed by atoms with E-state index < -0.39 is 5.97 Å². The van der Waals surface area contributed by atoms with Gasteiger partial charge in [-0.15, -0.1) is 0 Å². The lowest BCUT2D eigenvalue weighted by Gasteiger charge is -2.01. The number of carbonyl (C=O) groups is 1. The Morgan fingerprint density at radius 1 is 1.67 bits per heavy atom. The maximum Gasteiger partial charge on any atom is 0.311 e. The van der Waals surface area contributed by atoms with Crippen molar-refractivity contribution in [1.82, 2.24) is 19.6 Å². The third kappa shape index (κ3) is 1.71. The summed E-state index contributed by atoms with van der Waals surface area (Å²) in [4.78, 5) is 18.8. The number of aromatic hydroxyl groups is 1. The Balaban J connectivity index is 2.40. The van der Waals surface area contributed by atoms with Crippen LogP contribution < -0.4 is 0 Å². The molecule has 0 aliphatic rings. The molecule has 78 valence electrons. The molecule has 2 aromatic heterocycles. The normalized spacial score (nSPS) is 10.5. The van der Waals surface area contributed by atoms with E-state index in [1.54, 1.807) is 0 Å². The molecule has 7 heteroatoms. The van der Waals surface area contributed by atoms with Gasteiger partial charge in [-0.25, -0.2) is 4.98 Å². The van der Waals surface area contributed by atoms with Gasteiger partial charge in [-0.2, -0.15) is 14.6 Å². The predicted molar refractivity (Wildman–Crippen MR) is 48.2 cm³/mol. The quantitative estimate of drug-likeness (QED) is 0.672. The van der Waals surface area contributed by atoms with Crippen molar-refractivity contribution >= 4 is 11.7 Å². The molecule has 0 bridgehead atoms. The van der Waals surface area contributed by atoms with Gasteiger partial charge in [-0.05, 0) is 0 Å². The van der Waals surface area contributed by atoms with Gasteiger partial charge in [0.1, 0.15) is 6.33 Å². The lowest BCUT2D eigenvalue weighted by molar-refractivity contribution is -0.139. The van der Waals surface area contributed by atoms with Crippen molar-refractivity contribution in [3.8, 4) is 5.88 Å². The standard InChI is InChI=1S/C8H8N4O3/c1-15-7(14)3-5-2-6(13)12-8(11-5)9-4-10-12/h2,4,13H,3H2,1H3. The number of ether oxygens (including phenoxy) is 1. The first-order valence-electron chi connectivity index (χ1n) is 4.16. The number of carbonyl (C=O) groups excluding carboxylic acids is 1. The van der Waals surface area contributed by atoms with E-state index in [4.69, 9.17) is 0 Å². The zero-order valence-electron chi connectivity index (χ0n) is 7.91. The van der Waals surface area contributed by atoms with Crippen molar-refractivity contribution in [3.63, 3.8) is 0 Å². The van der Waals surface area contributed by atoms with Crippen LogP contribution >= 0.6 is 0 Å². The second-order valence-corrected chi connectivity index (χ2v) is 2.83. The molecule has 7 nitrogen and oxygen atoms in total. The molecule has 0 unspecified atom stereocenters. The smallest absolute Gasteiger partial charge is 0.311 e. The molecule has 0 saturated heterocycles. The van der Waals surface area contributed by atoms with Crippen LogP contribution in [0.4, 0.5) is 0 Å². The van der Waals surface area contributed by atoms with Crippen LogP contribution in [0.5, 0.6) is 5.88 Å². The molecule has 0 aliphatic carbocycles. The molecule has 1 N–H and O–H groups in total. The van der Waals surface area contributed by atoms with Crippen molar-refractivity contribution in [3.05, 3.63) is 18.1 Å². The Morgan fingerprint density at radius 3 is 3.20 bits per heavy atom. The largest absolute Gasteiger partial charge is 0.493 e. The van der Waals surface area contributed by atoms with Crippen LogP contribution in [0.1, 0.15) is 5.69 Å². The maximum atomic E-state index is 11.0. The molecular formula is C8H8N4O3. The highest BCUT2D eigenvalue weighted by Gasteiger charge is 2.09. The van der Waals surface area contributed by atoms with Crippen LogP contribution in [-0.4, -0.2) is 37.8 Å². The molecule has 15 heavy (non-hydrogen) atoms. The van der Waals surface area contributed by atoms with E-state index in [2.05, 4.69) is 19.8 Å². The summed E-state index contributed by atoms with van der Waals surface area (Å²) in [6.07, 6.45) is 1.26. The minimum atomic E-state index is -0.425. The first-order valence-corrected chi connectivity index (χ1v) is 4.16. The molecule has 0 fully saturated rings. The highest BCUT2D eigenvalue weighted by molar-refractivity contribution is 5.72. The number of aromatic nitrogens is 4. The summed E-state index contributed by atoms with van der Waals surface area (Å²) >= 11 is 0. The molecule has 0 aliphatic heterocycles. The molecule has 0 amide bonds. The predicted octanol–water partition coefficient (Wildman–Crippen LogP) is -0.455. The van der Waals surface area contributed by atoms with Gasteiger partial charge in [0.15, 0.2) is 0 Å². The highest BCUT2D eigenvalue weighted by atomic mass is 16.5. The number of methoxy groups -OCH3 is 1. The molecule has 0 saturated carbocycles. The molecular weight excluding hydrogens is 200 g/mol.